The third-order valence-electron chi connectivity index (χ3n) is 5.38. The number of Topliss-reactive ketones (excluding diaryl/α,β-unsaturated/α-hetero) is 1. The van der Waals surface area contributed by atoms with E-state index in [2.05, 4.69) is 37.1 Å². The molecule has 0 N–H and O–H groups in total. The van der Waals surface area contributed by atoms with Crippen molar-refractivity contribution in [1.29, 1.82) is 5.26 Å². The number of ketones is 1. The van der Waals surface area contributed by atoms with Crippen LogP contribution in [0.4, 0.5) is 5.69 Å². The van der Waals surface area contributed by atoms with Gasteiger partial charge in [-0.1, -0.05) is 13.0 Å². The topological polar surface area (TPSA) is 86.0 Å². The van der Waals surface area contributed by atoms with E-state index in [4.69, 9.17) is 0 Å². The van der Waals surface area contributed by atoms with E-state index in [1.54, 1.807) is 6.20 Å². The van der Waals surface area contributed by atoms with E-state index in [1.165, 1.54) is 0 Å². The van der Waals surface area contributed by atoms with Gasteiger partial charge in [0.2, 0.25) is 0 Å². The first-order valence-corrected chi connectivity index (χ1v) is 9.58. The van der Waals surface area contributed by atoms with Gasteiger partial charge in [-0.25, -0.2) is 0 Å². The van der Waals surface area contributed by atoms with Crippen LogP contribution < -0.4 is 4.90 Å². The second-order valence-electron chi connectivity index (χ2n) is 7.15. The molecule has 7 nitrogen and oxygen atoms in total. The van der Waals surface area contributed by atoms with E-state index in [9.17, 15) is 10.1 Å². The Kier molecular flexibility index (Phi) is 5.13. The van der Waals surface area contributed by atoms with Gasteiger partial charge in [0.15, 0.2) is 11.5 Å². The molecule has 0 saturated carbocycles. The van der Waals surface area contributed by atoms with Gasteiger partial charge in [0.05, 0.1) is 17.6 Å². The number of anilines is 1. The average Bonchev–Trinajstić information content (AvgIpc) is 2.73. The van der Waals surface area contributed by atoms with Crippen LogP contribution in [0.5, 0.6) is 0 Å². The Morgan fingerprint density at radius 1 is 1.25 bits per heavy atom. The number of carbonyl (C=O) groups excluding carboxylic acids is 1. The molecule has 2 aliphatic rings. The number of aromatic nitrogens is 3. The molecule has 4 rings (SSSR count). The van der Waals surface area contributed by atoms with Crippen molar-refractivity contribution in [1.82, 2.24) is 20.1 Å². The van der Waals surface area contributed by atoms with Gasteiger partial charge in [-0.3, -0.25) is 14.7 Å². The van der Waals surface area contributed by atoms with Crippen molar-refractivity contribution < 1.29 is 4.79 Å². The summed E-state index contributed by atoms with van der Waals surface area (Å²) >= 11 is 0. The lowest BCUT2D eigenvalue weighted by molar-refractivity contribution is -0.115. The highest BCUT2D eigenvalue weighted by atomic mass is 16.1. The van der Waals surface area contributed by atoms with Crippen LogP contribution in [0.2, 0.25) is 0 Å². The number of hydrogen-bond donors (Lipinski definition) is 0. The summed E-state index contributed by atoms with van der Waals surface area (Å²) in [6.45, 7) is 6.27. The van der Waals surface area contributed by atoms with Crippen LogP contribution in [0.15, 0.2) is 30.1 Å². The number of nitrogens with zero attached hydrogens (tertiary/aromatic N) is 6. The van der Waals surface area contributed by atoms with E-state index in [0.717, 1.165) is 67.2 Å². The Hall–Kier alpha value is -3.11. The maximum Gasteiger partial charge on any atom is 0.186 e. The molecule has 0 radical (unpaired) electrons. The Morgan fingerprint density at radius 3 is 2.82 bits per heavy atom. The number of allylic oxidation sites excluding steroid dienone is 1. The maximum atomic E-state index is 12.2. The normalized spacial score (nSPS) is 17.1. The summed E-state index contributed by atoms with van der Waals surface area (Å²) in [5.41, 5.74) is 5.19. The van der Waals surface area contributed by atoms with Crippen molar-refractivity contribution in [3.8, 4) is 6.07 Å². The molecule has 0 unspecified atom stereocenters. The molecule has 0 atom stereocenters. The highest BCUT2D eigenvalue weighted by molar-refractivity contribution is 6.03. The zero-order valence-electron chi connectivity index (χ0n) is 15.9. The Balaban J connectivity index is 1.41. The summed E-state index contributed by atoms with van der Waals surface area (Å²) in [7, 11) is 0. The van der Waals surface area contributed by atoms with Crippen LogP contribution in [-0.2, 0) is 17.8 Å². The lowest BCUT2D eigenvalue weighted by atomic mass is 9.92. The van der Waals surface area contributed by atoms with Crippen molar-refractivity contribution in [2.45, 2.75) is 26.3 Å². The van der Waals surface area contributed by atoms with E-state index in [-0.39, 0.29) is 5.78 Å². The number of piperazine rings is 1. The zero-order chi connectivity index (χ0) is 19.5. The van der Waals surface area contributed by atoms with Crippen LogP contribution in [0.25, 0.3) is 6.08 Å². The molecular weight excluding hydrogens is 352 g/mol. The lowest BCUT2D eigenvalue weighted by Crippen LogP contribution is -2.46. The fourth-order valence-electron chi connectivity index (χ4n) is 3.82. The fourth-order valence-corrected chi connectivity index (χ4v) is 3.82. The number of pyridine rings is 1. The molecule has 1 aliphatic heterocycles. The second kappa shape index (κ2) is 7.87. The Morgan fingerprint density at radius 2 is 2.07 bits per heavy atom. The summed E-state index contributed by atoms with van der Waals surface area (Å²) in [5.74, 6) is 0.210. The zero-order valence-corrected chi connectivity index (χ0v) is 15.9. The number of rotatable bonds is 4. The van der Waals surface area contributed by atoms with Crippen molar-refractivity contribution in [2.75, 3.05) is 31.1 Å². The molecule has 142 valence electrons. The van der Waals surface area contributed by atoms with Crippen molar-refractivity contribution in [3.63, 3.8) is 0 Å². The SMILES string of the molecule is CCC1=Cc2ncc(CN3CCN(c4ccnnc4C#N)CC3)cc2CC1=O. The molecule has 2 aromatic heterocycles. The maximum absolute atomic E-state index is 12.2. The van der Waals surface area contributed by atoms with Gasteiger partial charge in [0.1, 0.15) is 6.07 Å². The minimum atomic E-state index is 0.210. The standard InChI is InChI=1S/C21H22N6O/c1-2-16-10-18-17(11-21(16)28)9-15(13-23-18)14-26-5-7-27(8-6-26)20-3-4-24-25-19(20)12-22/h3-4,9-10,13H,2,5-8,11,14H2,1H3. The van der Waals surface area contributed by atoms with Gasteiger partial charge in [0, 0.05) is 45.3 Å². The number of hydrogen-bond acceptors (Lipinski definition) is 7. The predicted octanol–water partition coefficient (Wildman–Crippen LogP) is 1.98. The van der Waals surface area contributed by atoms with Crippen molar-refractivity contribution in [3.05, 3.63) is 52.6 Å². The van der Waals surface area contributed by atoms with Crippen LogP contribution in [0.3, 0.4) is 0 Å². The fraction of sp³-hybridized carbons (Fsp3) is 0.381. The van der Waals surface area contributed by atoms with Gasteiger partial charge < -0.3 is 4.90 Å². The molecule has 0 spiro atoms. The second-order valence-corrected chi connectivity index (χ2v) is 7.15. The van der Waals surface area contributed by atoms with E-state index >= 15 is 0 Å². The smallest absolute Gasteiger partial charge is 0.186 e. The minimum Gasteiger partial charge on any atom is -0.367 e. The summed E-state index contributed by atoms with van der Waals surface area (Å²) in [4.78, 5) is 21.3. The van der Waals surface area contributed by atoms with E-state index in [0.29, 0.717) is 12.1 Å². The summed E-state index contributed by atoms with van der Waals surface area (Å²) in [5, 5.41) is 16.9. The predicted molar refractivity (Wildman–Crippen MR) is 105 cm³/mol. The summed E-state index contributed by atoms with van der Waals surface area (Å²) in [6.07, 6.45) is 6.69. The Labute approximate surface area is 164 Å². The van der Waals surface area contributed by atoms with Gasteiger partial charge >= 0.3 is 0 Å². The molecule has 1 saturated heterocycles. The molecule has 3 heterocycles. The highest BCUT2D eigenvalue weighted by Gasteiger charge is 2.22. The number of nitriles is 1. The molecule has 0 amide bonds. The van der Waals surface area contributed by atoms with Crippen LogP contribution in [-0.4, -0.2) is 52.0 Å². The van der Waals surface area contributed by atoms with Crippen LogP contribution in [0.1, 0.15) is 35.9 Å². The Bertz CT molecular complexity index is 969. The molecule has 28 heavy (non-hydrogen) atoms. The van der Waals surface area contributed by atoms with Crippen molar-refractivity contribution >= 4 is 17.5 Å². The largest absolute Gasteiger partial charge is 0.367 e. The molecule has 2 aromatic rings. The summed E-state index contributed by atoms with van der Waals surface area (Å²) in [6, 6.07) is 6.09. The van der Waals surface area contributed by atoms with Gasteiger partial charge in [-0.05, 0) is 35.3 Å². The van der Waals surface area contributed by atoms with Gasteiger partial charge in [0.25, 0.3) is 0 Å². The van der Waals surface area contributed by atoms with Gasteiger partial charge in [-0.15, -0.1) is 5.10 Å². The third-order valence-corrected chi connectivity index (χ3v) is 5.38. The quantitative estimate of drug-likeness (QED) is 0.809. The molecule has 1 fully saturated rings. The molecule has 0 bridgehead atoms. The minimum absolute atomic E-state index is 0.210. The average molecular weight is 374 g/mol. The number of fused-ring (bicyclic) bond motifs is 1. The molecule has 1 aliphatic carbocycles. The van der Waals surface area contributed by atoms with Crippen LogP contribution in [0, 0.1) is 11.3 Å². The molecular formula is C21H22N6O. The summed E-state index contributed by atoms with van der Waals surface area (Å²) < 4.78 is 0. The van der Waals surface area contributed by atoms with E-state index in [1.807, 2.05) is 25.3 Å². The van der Waals surface area contributed by atoms with Crippen LogP contribution >= 0.6 is 0 Å². The first kappa shape index (κ1) is 18.3. The molecule has 7 heteroatoms. The first-order valence-electron chi connectivity index (χ1n) is 9.58. The monoisotopic (exact) mass is 374 g/mol. The van der Waals surface area contributed by atoms with Gasteiger partial charge in [-0.2, -0.15) is 10.4 Å². The first-order chi connectivity index (χ1) is 13.7. The molecule has 0 aromatic carbocycles. The number of carbonyl (C=O) groups is 1. The van der Waals surface area contributed by atoms with E-state index < -0.39 is 0 Å². The van der Waals surface area contributed by atoms with Crippen molar-refractivity contribution in [2.24, 2.45) is 0 Å². The lowest BCUT2D eigenvalue weighted by Gasteiger charge is -2.36. The highest BCUT2D eigenvalue weighted by Crippen LogP contribution is 2.24. The third kappa shape index (κ3) is 3.64.